The molecule has 0 heterocycles. The van der Waals surface area contributed by atoms with Crippen LogP contribution in [0, 0.1) is 5.92 Å². The summed E-state index contributed by atoms with van der Waals surface area (Å²) in [6.07, 6.45) is 4.58. The minimum Gasteiger partial charge on any atom is -0.481 e. The number of carbonyl (C=O) groups excluding carboxylic acids is 1. The average molecular weight is 284 g/mol. The molecule has 5 nitrogen and oxygen atoms in total. The van der Waals surface area contributed by atoms with Crippen molar-refractivity contribution in [2.45, 2.75) is 64.8 Å². The number of urea groups is 1. The van der Waals surface area contributed by atoms with Gasteiger partial charge in [0.1, 0.15) is 0 Å². The van der Waals surface area contributed by atoms with Gasteiger partial charge in [0, 0.05) is 13.1 Å². The van der Waals surface area contributed by atoms with Crippen LogP contribution in [0.1, 0.15) is 59.3 Å². The summed E-state index contributed by atoms with van der Waals surface area (Å²) in [7, 11) is 0. The summed E-state index contributed by atoms with van der Waals surface area (Å²) in [6.45, 7) is 7.57. The first-order valence-corrected chi connectivity index (χ1v) is 7.71. The molecule has 1 aliphatic rings. The van der Waals surface area contributed by atoms with Gasteiger partial charge in [-0.3, -0.25) is 4.79 Å². The molecule has 20 heavy (non-hydrogen) atoms. The number of nitrogens with zero attached hydrogens (tertiary/aromatic N) is 1. The van der Waals surface area contributed by atoms with E-state index >= 15 is 0 Å². The van der Waals surface area contributed by atoms with Crippen molar-refractivity contribution in [2.24, 2.45) is 5.92 Å². The Balaban J connectivity index is 2.66. The molecule has 0 aromatic carbocycles. The predicted molar refractivity (Wildman–Crippen MR) is 78.7 cm³/mol. The van der Waals surface area contributed by atoms with Crippen LogP contribution in [0.5, 0.6) is 0 Å². The molecule has 0 aromatic rings. The number of carbonyl (C=O) groups is 2. The highest BCUT2D eigenvalue weighted by Crippen LogP contribution is 2.32. The lowest BCUT2D eigenvalue weighted by molar-refractivity contribution is -0.138. The summed E-state index contributed by atoms with van der Waals surface area (Å²) < 4.78 is 0. The fraction of sp³-hybridized carbons (Fsp3) is 0.867. The number of nitrogens with one attached hydrogen (secondary N) is 1. The van der Waals surface area contributed by atoms with E-state index in [4.69, 9.17) is 5.11 Å². The second kappa shape index (κ2) is 7.50. The van der Waals surface area contributed by atoms with E-state index in [-0.39, 0.29) is 12.5 Å². The van der Waals surface area contributed by atoms with E-state index in [1.807, 2.05) is 6.92 Å². The topological polar surface area (TPSA) is 69.6 Å². The number of rotatable bonds is 7. The molecule has 2 amide bonds. The summed E-state index contributed by atoms with van der Waals surface area (Å²) >= 11 is 0. The van der Waals surface area contributed by atoms with Gasteiger partial charge in [0.05, 0.1) is 12.0 Å². The van der Waals surface area contributed by atoms with Crippen molar-refractivity contribution in [1.82, 2.24) is 10.2 Å². The number of amides is 2. The van der Waals surface area contributed by atoms with Crippen LogP contribution in [-0.2, 0) is 4.79 Å². The smallest absolute Gasteiger partial charge is 0.317 e. The van der Waals surface area contributed by atoms with Crippen LogP contribution in [0.15, 0.2) is 0 Å². The molecule has 0 saturated heterocycles. The summed E-state index contributed by atoms with van der Waals surface area (Å²) in [5, 5.41) is 12.1. The van der Waals surface area contributed by atoms with E-state index in [2.05, 4.69) is 19.2 Å². The lowest BCUT2D eigenvalue weighted by Crippen LogP contribution is -2.53. The van der Waals surface area contributed by atoms with Crippen LogP contribution in [0.2, 0.25) is 0 Å². The first-order chi connectivity index (χ1) is 9.42. The van der Waals surface area contributed by atoms with E-state index < -0.39 is 11.5 Å². The van der Waals surface area contributed by atoms with Gasteiger partial charge in [-0.05, 0) is 25.7 Å². The molecular formula is C15H28N2O3. The molecule has 1 fully saturated rings. The Bertz CT molecular complexity index is 338. The van der Waals surface area contributed by atoms with Gasteiger partial charge in [-0.1, -0.05) is 33.1 Å². The van der Waals surface area contributed by atoms with Gasteiger partial charge in [0.15, 0.2) is 0 Å². The van der Waals surface area contributed by atoms with Crippen molar-refractivity contribution in [3.63, 3.8) is 0 Å². The van der Waals surface area contributed by atoms with E-state index in [0.29, 0.717) is 12.5 Å². The fourth-order valence-corrected chi connectivity index (χ4v) is 2.85. The van der Waals surface area contributed by atoms with Crippen molar-refractivity contribution >= 4 is 12.0 Å². The largest absolute Gasteiger partial charge is 0.481 e. The van der Waals surface area contributed by atoms with Gasteiger partial charge < -0.3 is 15.3 Å². The molecule has 2 N–H and O–H groups in total. The molecule has 116 valence electrons. The summed E-state index contributed by atoms with van der Waals surface area (Å²) in [6, 6.07) is -0.115. The molecule has 0 aliphatic heterocycles. The molecule has 1 atom stereocenters. The van der Waals surface area contributed by atoms with Crippen molar-refractivity contribution in [3.05, 3.63) is 0 Å². The molecule has 1 saturated carbocycles. The summed E-state index contributed by atoms with van der Waals surface area (Å²) in [5.41, 5.74) is -0.536. The third kappa shape index (κ3) is 4.69. The molecule has 5 heteroatoms. The third-order valence-corrected chi connectivity index (χ3v) is 4.32. The number of aliphatic carboxylic acids is 1. The molecule has 0 bridgehead atoms. The van der Waals surface area contributed by atoms with Crippen LogP contribution < -0.4 is 5.32 Å². The normalized spacial score (nSPS) is 18.6. The molecule has 1 aliphatic carbocycles. The fourth-order valence-electron chi connectivity index (χ4n) is 2.85. The predicted octanol–water partition coefficient (Wildman–Crippen LogP) is 2.85. The monoisotopic (exact) mass is 284 g/mol. The van der Waals surface area contributed by atoms with Crippen molar-refractivity contribution in [2.75, 3.05) is 13.1 Å². The molecule has 0 radical (unpaired) electrons. The molecule has 1 unspecified atom stereocenters. The zero-order valence-electron chi connectivity index (χ0n) is 12.9. The number of carboxylic acids is 1. The Hall–Kier alpha value is -1.26. The lowest BCUT2D eigenvalue weighted by atomic mass is 9.93. The SMILES string of the molecule is CCC(C)CN(CC)C(=O)NC1(CC(=O)O)CCCC1. The maximum atomic E-state index is 12.4. The standard InChI is InChI=1S/C15H28N2O3/c1-4-12(3)11-17(5-2)14(20)16-15(10-13(18)19)8-6-7-9-15/h12H,4-11H2,1-3H3,(H,16,20)(H,18,19). The minimum absolute atomic E-state index is 0.0274. The first-order valence-electron chi connectivity index (χ1n) is 7.71. The number of carboxylic acid groups (broad SMARTS) is 1. The van der Waals surface area contributed by atoms with Gasteiger partial charge in [-0.2, -0.15) is 0 Å². The van der Waals surface area contributed by atoms with Crippen LogP contribution in [0.4, 0.5) is 4.79 Å². The van der Waals surface area contributed by atoms with E-state index in [9.17, 15) is 9.59 Å². The molecule has 1 rings (SSSR count). The van der Waals surface area contributed by atoms with Crippen LogP contribution >= 0.6 is 0 Å². The number of hydrogen-bond donors (Lipinski definition) is 2. The zero-order chi connectivity index (χ0) is 15.2. The van der Waals surface area contributed by atoms with E-state index in [1.165, 1.54) is 0 Å². The highest BCUT2D eigenvalue weighted by molar-refractivity contribution is 5.77. The van der Waals surface area contributed by atoms with E-state index in [0.717, 1.165) is 38.6 Å². The van der Waals surface area contributed by atoms with Gasteiger partial charge in [0.25, 0.3) is 0 Å². The summed E-state index contributed by atoms with van der Waals surface area (Å²) in [5.74, 6) is -0.378. The Morgan fingerprint density at radius 1 is 1.30 bits per heavy atom. The minimum atomic E-state index is -0.836. The Kier molecular flexibility index (Phi) is 6.30. The van der Waals surface area contributed by atoms with Crippen molar-refractivity contribution in [1.29, 1.82) is 0 Å². The highest BCUT2D eigenvalue weighted by atomic mass is 16.4. The van der Waals surface area contributed by atoms with E-state index in [1.54, 1.807) is 4.90 Å². The van der Waals surface area contributed by atoms with Crippen LogP contribution in [0.3, 0.4) is 0 Å². The molecule has 0 spiro atoms. The van der Waals surface area contributed by atoms with Crippen molar-refractivity contribution in [3.8, 4) is 0 Å². The Labute approximate surface area is 121 Å². The zero-order valence-corrected chi connectivity index (χ0v) is 12.9. The number of hydrogen-bond acceptors (Lipinski definition) is 2. The quantitative estimate of drug-likeness (QED) is 0.755. The average Bonchev–Trinajstić information content (AvgIpc) is 2.82. The Morgan fingerprint density at radius 2 is 1.90 bits per heavy atom. The first kappa shape index (κ1) is 16.8. The maximum absolute atomic E-state index is 12.4. The van der Waals surface area contributed by atoms with Crippen molar-refractivity contribution < 1.29 is 14.7 Å². The lowest BCUT2D eigenvalue weighted by Gasteiger charge is -2.33. The van der Waals surface area contributed by atoms with Gasteiger partial charge in [0.2, 0.25) is 0 Å². The van der Waals surface area contributed by atoms with Gasteiger partial charge >= 0.3 is 12.0 Å². The van der Waals surface area contributed by atoms with Gasteiger partial charge in [-0.25, -0.2) is 4.79 Å². The molecule has 0 aromatic heterocycles. The second-order valence-electron chi connectivity index (χ2n) is 6.04. The summed E-state index contributed by atoms with van der Waals surface area (Å²) in [4.78, 5) is 25.2. The molecular weight excluding hydrogens is 256 g/mol. The maximum Gasteiger partial charge on any atom is 0.317 e. The van der Waals surface area contributed by atoms with Gasteiger partial charge in [-0.15, -0.1) is 0 Å². The highest BCUT2D eigenvalue weighted by Gasteiger charge is 2.38. The van der Waals surface area contributed by atoms with Crippen LogP contribution in [0.25, 0.3) is 0 Å². The third-order valence-electron chi connectivity index (χ3n) is 4.32. The second-order valence-corrected chi connectivity index (χ2v) is 6.04. The Morgan fingerprint density at radius 3 is 2.35 bits per heavy atom. The van der Waals surface area contributed by atoms with Crippen LogP contribution in [-0.4, -0.2) is 40.6 Å².